The number of hydrogen-bond donors (Lipinski definition) is 1. The first-order valence-electron chi connectivity index (χ1n) is 7.84. The number of esters is 1. The van der Waals surface area contributed by atoms with Gasteiger partial charge in [0, 0.05) is 0 Å². The van der Waals surface area contributed by atoms with E-state index in [0.717, 1.165) is 16.0 Å². The van der Waals surface area contributed by atoms with E-state index in [1.165, 1.54) is 0 Å². The Morgan fingerprint density at radius 2 is 2.08 bits per heavy atom. The van der Waals surface area contributed by atoms with Gasteiger partial charge in [0.15, 0.2) is 0 Å². The number of aryl methyl sites for hydroxylation is 2. The van der Waals surface area contributed by atoms with Crippen LogP contribution in [0.5, 0.6) is 0 Å². The summed E-state index contributed by atoms with van der Waals surface area (Å²) < 4.78 is 5.92. The molecule has 136 valence electrons. The molecule has 0 saturated heterocycles. The quantitative estimate of drug-likeness (QED) is 0.800. The number of carbonyl (C=O) groups is 2. The van der Waals surface area contributed by atoms with Gasteiger partial charge in [-0.15, -0.1) is 11.3 Å². The second-order valence-electron chi connectivity index (χ2n) is 5.55. The molecule has 1 N–H and O–H groups in total. The Balaban J connectivity index is 2.19. The van der Waals surface area contributed by atoms with Crippen molar-refractivity contribution in [3.8, 4) is 6.07 Å². The fourth-order valence-corrected chi connectivity index (χ4v) is 3.25. The van der Waals surface area contributed by atoms with E-state index < -0.39 is 17.4 Å². The lowest BCUT2D eigenvalue weighted by atomic mass is 10.1. The number of nitrogens with one attached hydrogen (secondary N) is 1. The summed E-state index contributed by atoms with van der Waals surface area (Å²) in [7, 11) is 0. The van der Waals surface area contributed by atoms with Crippen LogP contribution in [0.4, 0.5) is 5.00 Å². The van der Waals surface area contributed by atoms with E-state index in [9.17, 15) is 14.4 Å². The molecule has 0 radical (unpaired) electrons. The summed E-state index contributed by atoms with van der Waals surface area (Å²) in [5, 5.41) is 16.3. The highest BCUT2D eigenvalue weighted by Gasteiger charge is 2.17. The van der Waals surface area contributed by atoms with E-state index >= 15 is 0 Å². The van der Waals surface area contributed by atoms with Crippen molar-refractivity contribution in [2.75, 3.05) is 11.9 Å². The molecule has 2 aromatic heterocycles. The molecule has 9 heteroatoms. The van der Waals surface area contributed by atoms with Gasteiger partial charge in [0.2, 0.25) is 5.91 Å². The first-order chi connectivity index (χ1) is 12.3. The molecule has 2 rings (SSSR count). The first kappa shape index (κ1) is 19.3. The molecule has 0 unspecified atom stereocenters. The van der Waals surface area contributed by atoms with Gasteiger partial charge in [-0.1, -0.05) is 0 Å². The van der Waals surface area contributed by atoms with Crippen molar-refractivity contribution in [3.63, 3.8) is 0 Å². The van der Waals surface area contributed by atoms with Crippen molar-refractivity contribution >= 4 is 28.2 Å². The highest BCUT2D eigenvalue weighted by atomic mass is 32.1. The number of ether oxygens (including phenoxy) is 1. The van der Waals surface area contributed by atoms with Crippen molar-refractivity contribution < 1.29 is 14.3 Å². The van der Waals surface area contributed by atoms with Gasteiger partial charge in [-0.25, -0.2) is 9.48 Å². The van der Waals surface area contributed by atoms with Gasteiger partial charge in [-0.3, -0.25) is 9.59 Å². The number of aromatic nitrogens is 2. The number of nitriles is 1. The van der Waals surface area contributed by atoms with Crippen molar-refractivity contribution in [1.82, 2.24) is 9.78 Å². The highest BCUT2D eigenvalue weighted by Crippen LogP contribution is 2.27. The summed E-state index contributed by atoms with van der Waals surface area (Å²) in [4.78, 5) is 36.7. The molecule has 0 aliphatic carbocycles. The SMILES string of the molecule is CCOC(=O)c1sc(NC(=O)Cn2nc(C)c(C)c(C#N)c2=O)cc1C. The first-order valence-corrected chi connectivity index (χ1v) is 8.65. The Morgan fingerprint density at radius 1 is 1.38 bits per heavy atom. The Bertz CT molecular complexity index is 968. The average molecular weight is 374 g/mol. The molecule has 0 saturated carbocycles. The smallest absolute Gasteiger partial charge is 0.348 e. The summed E-state index contributed by atoms with van der Waals surface area (Å²) in [5.74, 6) is -0.926. The van der Waals surface area contributed by atoms with Gasteiger partial charge in [-0.05, 0) is 44.9 Å². The predicted octanol–water partition coefficient (Wildman–Crippen LogP) is 1.92. The minimum absolute atomic E-state index is 0.0261. The molecular formula is C17H18N4O4S. The number of thiophene rings is 1. The van der Waals surface area contributed by atoms with Crippen LogP contribution in [-0.4, -0.2) is 28.3 Å². The van der Waals surface area contributed by atoms with Crippen molar-refractivity contribution in [3.05, 3.63) is 43.7 Å². The molecule has 8 nitrogen and oxygen atoms in total. The van der Waals surface area contributed by atoms with Crippen LogP contribution in [0.25, 0.3) is 0 Å². The van der Waals surface area contributed by atoms with Crippen LogP contribution < -0.4 is 10.9 Å². The van der Waals surface area contributed by atoms with Crippen LogP contribution in [0.15, 0.2) is 10.9 Å². The van der Waals surface area contributed by atoms with Gasteiger partial charge in [0.05, 0.1) is 17.3 Å². The maximum absolute atomic E-state index is 12.2. The molecule has 0 atom stereocenters. The molecule has 1 amide bonds. The highest BCUT2D eigenvalue weighted by molar-refractivity contribution is 7.18. The second kappa shape index (κ2) is 7.93. The predicted molar refractivity (Wildman–Crippen MR) is 96.3 cm³/mol. The Hall–Kier alpha value is -2.99. The normalized spacial score (nSPS) is 10.3. The average Bonchev–Trinajstić information content (AvgIpc) is 2.93. The number of rotatable bonds is 5. The van der Waals surface area contributed by atoms with E-state index in [2.05, 4.69) is 10.4 Å². The fraction of sp³-hybridized carbons (Fsp3) is 0.353. The summed E-state index contributed by atoms with van der Waals surface area (Å²) in [6.07, 6.45) is 0. The van der Waals surface area contributed by atoms with E-state index in [-0.39, 0.29) is 18.7 Å². The van der Waals surface area contributed by atoms with Crippen LogP contribution in [-0.2, 0) is 16.1 Å². The lowest BCUT2D eigenvalue weighted by Crippen LogP contribution is -2.32. The third-order valence-corrected chi connectivity index (χ3v) is 4.82. The molecule has 0 aromatic carbocycles. The van der Waals surface area contributed by atoms with Gasteiger partial charge in [-0.2, -0.15) is 10.4 Å². The Morgan fingerprint density at radius 3 is 2.69 bits per heavy atom. The zero-order valence-electron chi connectivity index (χ0n) is 14.9. The lowest BCUT2D eigenvalue weighted by Gasteiger charge is -2.08. The van der Waals surface area contributed by atoms with Gasteiger partial charge in [0.25, 0.3) is 5.56 Å². The molecule has 0 bridgehead atoms. The molecular weight excluding hydrogens is 356 g/mol. The maximum atomic E-state index is 12.2. The molecule has 2 aromatic rings. The zero-order chi connectivity index (χ0) is 19.4. The maximum Gasteiger partial charge on any atom is 0.348 e. The number of amides is 1. The Labute approximate surface area is 154 Å². The largest absolute Gasteiger partial charge is 0.462 e. The number of carbonyl (C=O) groups excluding carboxylic acids is 2. The monoisotopic (exact) mass is 374 g/mol. The zero-order valence-corrected chi connectivity index (χ0v) is 15.7. The van der Waals surface area contributed by atoms with E-state index in [1.54, 1.807) is 33.8 Å². The topological polar surface area (TPSA) is 114 Å². The minimum atomic E-state index is -0.611. The summed E-state index contributed by atoms with van der Waals surface area (Å²) >= 11 is 1.10. The number of hydrogen-bond acceptors (Lipinski definition) is 7. The van der Waals surface area contributed by atoms with Crippen LogP contribution in [0.1, 0.15) is 39.0 Å². The van der Waals surface area contributed by atoms with Crippen molar-refractivity contribution in [2.24, 2.45) is 0 Å². The van der Waals surface area contributed by atoms with E-state index in [0.29, 0.717) is 26.7 Å². The van der Waals surface area contributed by atoms with Crippen molar-refractivity contribution in [2.45, 2.75) is 34.2 Å². The van der Waals surface area contributed by atoms with E-state index in [4.69, 9.17) is 10.00 Å². The molecule has 0 aliphatic rings. The summed E-state index contributed by atoms with van der Waals surface area (Å²) in [6, 6.07) is 3.51. The van der Waals surface area contributed by atoms with Crippen LogP contribution in [0, 0.1) is 32.1 Å². The third-order valence-electron chi connectivity index (χ3n) is 3.68. The van der Waals surface area contributed by atoms with Crippen LogP contribution >= 0.6 is 11.3 Å². The third kappa shape index (κ3) is 3.97. The molecule has 26 heavy (non-hydrogen) atoms. The molecule has 0 aliphatic heterocycles. The fourth-order valence-electron chi connectivity index (χ4n) is 2.27. The molecule has 0 spiro atoms. The number of nitrogens with zero attached hydrogens (tertiary/aromatic N) is 3. The van der Waals surface area contributed by atoms with E-state index in [1.807, 2.05) is 6.07 Å². The van der Waals surface area contributed by atoms with Crippen LogP contribution in [0.2, 0.25) is 0 Å². The van der Waals surface area contributed by atoms with Gasteiger partial charge in [0.1, 0.15) is 23.1 Å². The van der Waals surface area contributed by atoms with Gasteiger partial charge < -0.3 is 10.1 Å². The summed E-state index contributed by atoms with van der Waals surface area (Å²) in [5.41, 5.74) is 1.06. The molecule has 0 fully saturated rings. The minimum Gasteiger partial charge on any atom is -0.462 e. The standard InChI is InChI=1S/C17H18N4O4S/c1-5-25-17(24)15-9(2)6-14(26-15)19-13(22)8-21-16(23)12(7-18)10(3)11(4)20-21/h6H,5,8H2,1-4H3,(H,19,22). The van der Waals surface area contributed by atoms with Crippen molar-refractivity contribution in [1.29, 1.82) is 5.26 Å². The lowest BCUT2D eigenvalue weighted by molar-refractivity contribution is -0.117. The van der Waals surface area contributed by atoms with Gasteiger partial charge >= 0.3 is 5.97 Å². The Kier molecular flexibility index (Phi) is 5.90. The molecule has 2 heterocycles. The van der Waals surface area contributed by atoms with Crippen LogP contribution in [0.3, 0.4) is 0 Å². The second-order valence-corrected chi connectivity index (χ2v) is 6.60. The number of anilines is 1. The summed E-state index contributed by atoms with van der Waals surface area (Å²) in [6.45, 7) is 6.69.